The molecule has 0 spiro atoms. The fourth-order valence-electron chi connectivity index (χ4n) is 2.83. The second-order valence-electron chi connectivity index (χ2n) is 5.15. The van der Waals surface area contributed by atoms with E-state index in [9.17, 15) is 4.79 Å². The van der Waals surface area contributed by atoms with Crippen LogP contribution in [0.25, 0.3) is 0 Å². The number of hydrogen-bond donors (Lipinski definition) is 0. The second kappa shape index (κ2) is 3.09. The Bertz CT molecular complexity index is 460. The van der Waals surface area contributed by atoms with E-state index in [0.717, 1.165) is 25.8 Å². The summed E-state index contributed by atoms with van der Waals surface area (Å²) in [6.45, 7) is 2.83. The van der Waals surface area contributed by atoms with E-state index in [0.29, 0.717) is 5.78 Å². The number of Topliss-reactive ketones (excluding diaryl/α,β-unsaturated/α-hetero) is 1. The van der Waals surface area contributed by atoms with Crippen molar-refractivity contribution in [1.82, 2.24) is 0 Å². The molecule has 0 N–H and O–H groups in total. The van der Waals surface area contributed by atoms with E-state index >= 15 is 0 Å². The third-order valence-corrected chi connectivity index (χ3v) is 4.18. The standard InChI is InChI=1S/C14H17NO/c1-10(16)14(6-7-14)12-3-4-13-11(9-12)5-8-15(13)2/h3-4,9H,5-8H2,1-2H3. The first-order valence-electron chi connectivity index (χ1n) is 5.99. The van der Waals surface area contributed by atoms with Crippen molar-refractivity contribution < 1.29 is 4.79 Å². The number of carbonyl (C=O) groups excluding carboxylic acids is 1. The van der Waals surface area contributed by atoms with Gasteiger partial charge in [-0.25, -0.2) is 0 Å². The van der Waals surface area contributed by atoms with E-state index < -0.39 is 0 Å². The molecule has 2 aliphatic rings. The average molecular weight is 215 g/mol. The summed E-state index contributed by atoms with van der Waals surface area (Å²) in [6, 6.07) is 6.59. The summed E-state index contributed by atoms with van der Waals surface area (Å²) in [5, 5.41) is 0. The first kappa shape index (κ1) is 9.88. The Balaban J connectivity index is 2.03. The van der Waals surface area contributed by atoms with Crippen molar-refractivity contribution in [1.29, 1.82) is 0 Å². The van der Waals surface area contributed by atoms with E-state index in [2.05, 4.69) is 30.1 Å². The summed E-state index contributed by atoms with van der Waals surface area (Å²) in [6.07, 6.45) is 3.20. The quantitative estimate of drug-likeness (QED) is 0.754. The minimum Gasteiger partial charge on any atom is -0.374 e. The molecule has 16 heavy (non-hydrogen) atoms. The highest BCUT2D eigenvalue weighted by Crippen LogP contribution is 2.49. The molecule has 1 fully saturated rings. The molecular formula is C14H17NO. The van der Waals surface area contributed by atoms with Gasteiger partial charge in [0.05, 0.1) is 5.41 Å². The first-order chi connectivity index (χ1) is 7.63. The molecule has 0 aromatic heterocycles. The molecule has 1 aromatic rings. The minimum atomic E-state index is -0.115. The van der Waals surface area contributed by atoms with Gasteiger partial charge in [0, 0.05) is 19.3 Å². The van der Waals surface area contributed by atoms with Crippen LogP contribution < -0.4 is 4.90 Å². The Kier molecular flexibility index (Phi) is 1.91. The molecule has 2 nitrogen and oxygen atoms in total. The van der Waals surface area contributed by atoms with Gasteiger partial charge in [-0.1, -0.05) is 12.1 Å². The first-order valence-corrected chi connectivity index (χ1v) is 5.99. The van der Waals surface area contributed by atoms with Gasteiger partial charge in [0.1, 0.15) is 5.78 Å². The number of carbonyl (C=O) groups is 1. The molecule has 1 saturated carbocycles. The topological polar surface area (TPSA) is 20.3 Å². The molecule has 0 bridgehead atoms. The third kappa shape index (κ3) is 1.22. The summed E-state index contributed by atoms with van der Waals surface area (Å²) < 4.78 is 0. The Morgan fingerprint density at radius 2 is 2.12 bits per heavy atom. The molecule has 1 aliphatic heterocycles. The minimum absolute atomic E-state index is 0.115. The zero-order valence-electron chi connectivity index (χ0n) is 9.92. The Labute approximate surface area is 96.3 Å². The van der Waals surface area contributed by atoms with Crippen molar-refractivity contribution >= 4 is 11.5 Å². The molecule has 3 rings (SSSR count). The lowest BCUT2D eigenvalue weighted by molar-refractivity contribution is -0.119. The monoisotopic (exact) mass is 215 g/mol. The number of hydrogen-bond acceptors (Lipinski definition) is 2. The maximum absolute atomic E-state index is 11.7. The number of fused-ring (bicyclic) bond motifs is 1. The van der Waals surface area contributed by atoms with E-state index in [-0.39, 0.29) is 5.41 Å². The Morgan fingerprint density at radius 3 is 2.75 bits per heavy atom. The van der Waals surface area contributed by atoms with Crippen molar-refractivity contribution in [2.24, 2.45) is 0 Å². The van der Waals surface area contributed by atoms with Crippen LogP contribution in [0.5, 0.6) is 0 Å². The number of ketones is 1. The highest BCUT2D eigenvalue weighted by Gasteiger charge is 2.48. The lowest BCUT2D eigenvalue weighted by Crippen LogP contribution is -2.17. The smallest absolute Gasteiger partial charge is 0.140 e. The zero-order chi connectivity index (χ0) is 11.3. The highest BCUT2D eigenvalue weighted by molar-refractivity contribution is 5.91. The van der Waals surface area contributed by atoms with Gasteiger partial charge in [-0.2, -0.15) is 0 Å². The molecule has 0 radical (unpaired) electrons. The highest BCUT2D eigenvalue weighted by atomic mass is 16.1. The predicted octanol–water partition coefficient (Wildman–Crippen LogP) is 2.30. The van der Waals surface area contributed by atoms with Gasteiger partial charge in [-0.3, -0.25) is 4.79 Å². The Hall–Kier alpha value is -1.31. The van der Waals surface area contributed by atoms with Crippen LogP contribution in [0.2, 0.25) is 0 Å². The van der Waals surface area contributed by atoms with Gasteiger partial charge in [0.2, 0.25) is 0 Å². The van der Waals surface area contributed by atoms with Gasteiger partial charge in [-0.15, -0.1) is 0 Å². The average Bonchev–Trinajstić information content (AvgIpc) is 3.00. The zero-order valence-corrected chi connectivity index (χ0v) is 9.92. The van der Waals surface area contributed by atoms with Gasteiger partial charge >= 0.3 is 0 Å². The van der Waals surface area contributed by atoms with Crippen LogP contribution in [0.15, 0.2) is 18.2 Å². The van der Waals surface area contributed by atoms with E-state index in [4.69, 9.17) is 0 Å². The second-order valence-corrected chi connectivity index (χ2v) is 5.15. The number of anilines is 1. The van der Waals surface area contributed by atoms with Crippen molar-refractivity contribution in [2.75, 3.05) is 18.5 Å². The van der Waals surface area contributed by atoms with Crippen molar-refractivity contribution in [3.05, 3.63) is 29.3 Å². The summed E-state index contributed by atoms with van der Waals surface area (Å²) in [4.78, 5) is 14.0. The van der Waals surface area contributed by atoms with Crippen LogP contribution in [0.1, 0.15) is 30.9 Å². The Morgan fingerprint density at radius 1 is 1.38 bits per heavy atom. The molecular weight excluding hydrogens is 198 g/mol. The fraction of sp³-hybridized carbons (Fsp3) is 0.500. The summed E-state index contributed by atoms with van der Waals surface area (Å²) in [7, 11) is 2.13. The van der Waals surface area contributed by atoms with Crippen molar-refractivity contribution in [3.8, 4) is 0 Å². The van der Waals surface area contributed by atoms with Crippen LogP contribution in [-0.2, 0) is 16.6 Å². The summed E-state index contributed by atoms with van der Waals surface area (Å²) >= 11 is 0. The van der Waals surface area contributed by atoms with E-state index in [1.807, 2.05) is 0 Å². The van der Waals surface area contributed by atoms with E-state index in [1.165, 1.54) is 16.8 Å². The van der Waals surface area contributed by atoms with Crippen molar-refractivity contribution in [2.45, 2.75) is 31.6 Å². The van der Waals surface area contributed by atoms with Crippen LogP contribution in [-0.4, -0.2) is 19.4 Å². The van der Waals surface area contributed by atoms with Gasteiger partial charge in [0.15, 0.2) is 0 Å². The van der Waals surface area contributed by atoms with E-state index in [1.54, 1.807) is 6.92 Å². The molecule has 0 atom stereocenters. The SMILES string of the molecule is CC(=O)C1(c2ccc3c(c2)CCN3C)CC1. The van der Waals surface area contributed by atoms with Crippen LogP contribution in [0.4, 0.5) is 5.69 Å². The molecule has 1 heterocycles. The number of likely N-dealkylation sites (N-methyl/N-ethyl adjacent to an activating group) is 1. The van der Waals surface area contributed by atoms with Crippen LogP contribution >= 0.6 is 0 Å². The maximum Gasteiger partial charge on any atom is 0.140 e. The van der Waals surface area contributed by atoms with Crippen molar-refractivity contribution in [3.63, 3.8) is 0 Å². The predicted molar refractivity (Wildman–Crippen MR) is 65.0 cm³/mol. The summed E-state index contributed by atoms with van der Waals surface area (Å²) in [5.74, 6) is 0.332. The fourth-order valence-corrected chi connectivity index (χ4v) is 2.83. The molecule has 0 unspecified atom stereocenters. The van der Waals surface area contributed by atoms with Crippen LogP contribution in [0, 0.1) is 0 Å². The molecule has 1 aromatic carbocycles. The summed E-state index contributed by atoms with van der Waals surface area (Å²) in [5.41, 5.74) is 3.88. The number of benzene rings is 1. The maximum atomic E-state index is 11.7. The molecule has 0 saturated heterocycles. The third-order valence-electron chi connectivity index (χ3n) is 4.18. The molecule has 84 valence electrons. The lowest BCUT2D eigenvalue weighted by Gasteiger charge is -2.15. The lowest BCUT2D eigenvalue weighted by atomic mass is 9.90. The van der Waals surface area contributed by atoms with Gasteiger partial charge in [0.25, 0.3) is 0 Å². The molecule has 2 heteroatoms. The van der Waals surface area contributed by atoms with Crippen LogP contribution in [0.3, 0.4) is 0 Å². The largest absolute Gasteiger partial charge is 0.374 e. The number of nitrogens with zero attached hydrogens (tertiary/aromatic N) is 1. The molecule has 1 aliphatic carbocycles. The van der Waals surface area contributed by atoms with Gasteiger partial charge in [-0.05, 0) is 43.4 Å². The normalized spacial score (nSPS) is 20.8. The van der Waals surface area contributed by atoms with Gasteiger partial charge < -0.3 is 4.90 Å². The number of rotatable bonds is 2. The molecule has 0 amide bonds.